The number of aliphatic imine (C=N–C) groups is 1. The van der Waals surface area contributed by atoms with Gasteiger partial charge in [0.25, 0.3) is 0 Å². The standard InChI is InChI=1S/C18H32N4S/c1-5-19-18(20-12-13-23-4)21-14-16-10-8-9-11-17(16)15-22(6-2)7-3/h8-11H,5-7,12-15H2,1-4H3,(H2,19,20,21). The van der Waals surface area contributed by atoms with Crippen molar-refractivity contribution in [1.29, 1.82) is 0 Å². The van der Waals surface area contributed by atoms with Crippen LogP contribution in [0.5, 0.6) is 0 Å². The second-order valence-corrected chi connectivity index (χ2v) is 6.33. The summed E-state index contributed by atoms with van der Waals surface area (Å²) in [5, 5.41) is 6.70. The van der Waals surface area contributed by atoms with Crippen LogP contribution >= 0.6 is 11.8 Å². The third-order valence-electron chi connectivity index (χ3n) is 3.76. The van der Waals surface area contributed by atoms with Gasteiger partial charge in [0.15, 0.2) is 5.96 Å². The van der Waals surface area contributed by atoms with Crippen molar-refractivity contribution in [3.8, 4) is 0 Å². The average molecular weight is 337 g/mol. The summed E-state index contributed by atoms with van der Waals surface area (Å²) in [5.74, 6) is 1.99. The zero-order valence-electron chi connectivity index (χ0n) is 15.1. The third kappa shape index (κ3) is 7.75. The van der Waals surface area contributed by atoms with Crippen LogP contribution in [0.15, 0.2) is 29.3 Å². The predicted molar refractivity (Wildman–Crippen MR) is 104 cm³/mol. The summed E-state index contributed by atoms with van der Waals surface area (Å²) in [4.78, 5) is 7.18. The molecule has 2 N–H and O–H groups in total. The Labute approximate surface area is 146 Å². The van der Waals surface area contributed by atoms with Crippen molar-refractivity contribution in [1.82, 2.24) is 15.5 Å². The summed E-state index contributed by atoms with van der Waals surface area (Å²) in [5.41, 5.74) is 2.68. The smallest absolute Gasteiger partial charge is 0.191 e. The van der Waals surface area contributed by atoms with E-state index in [1.165, 1.54) is 11.1 Å². The molecule has 1 aromatic rings. The first-order valence-corrected chi connectivity index (χ1v) is 9.94. The van der Waals surface area contributed by atoms with Crippen LogP contribution in [0.4, 0.5) is 0 Å². The second-order valence-electron chi connectivity index (χ2n) is 5.34. The van der Waals surface area contributed by atoms with Gasteiger partial charge >= 0.3 is 0 Å². The van der Waals surface area contributed by atoms with E-state index in [0.29, 0.717) is 6.54 Å². The first kappa shape index (κ1) is 19.8. The fourth-order valence-electron chi connectivity index (χ4n) is 2.33. The lowest BCUT2D eigenvalue weighted by Gasteiger charge is -2.20. The molecule has 130 valence electrons. The Morgan fingerprint density at radius 2 is 1.78 bits per heavy atom. The highest BCUT2D eigenvalue weighted by Gasteiger charge is 2.06. The first-order valence-electron chi connectivity index (χ1n) is 8.55. The van der Waals surface area contributed by atoms with E-state index in [9.17, 15) is 0 Å². The molecule has 23 heavy (non-hydrogen) atoms. The highest BCUT2D eigenvalue weighted by atomic mass is 32.2. The minimum atomic E-state index is 0.714. The number of guanidine groups is 1. The van der Waals surface area contributed by atoms with Crippen molar-refractivity contribution >= 4 is 17.7 Å². The van der Waals surface area contributed by atoms with Gasteiger partial charge in [-0.2, -0.15) is 11.8 Å². The quantitative estimate of drug-likeness (QED) is 0.391. The predicted octanol–water partition coefficient (Wildman–Crippen LogP) is 2.95. The zero-order valence-corrected chi connectivity index (χ0v) is 15.9. The Morgan fingerprint density at radius 3 is 2.39 bits per heavy atom. The van der Waals surface area contributed by atoms with Gasteiger partial charge in [0.05, 0.1) is 6.54 Å². The highest BCUT2D eigenvalue weighted by molar-refractivity contribution is 7.98. The molecule has 0 heterocycles. The molecule has 1 aromatic carbocycles. The molecule has 0 fully saturated rings. The molecule has 0 spiro atoms. The molecular weight excluding hydrogens is 304 g/mol. The molecule has 0 amide bonds. The lowest BCUT2D eigenvalue weighted by atomic mass is 10.1. The van der Waals surface area contributed by atoms with Gasteiger partial charge in [-0.05, 0) is 37.4 Å². The molecule has 0 bridgehead atoms. The van der Waals surface area contributed by atoms with Crippen LogP contribution in [0.25, 0.3) is 0 Å². The van der Waals surface area contributed by atoms with Crippen LogP contribution < -0.4 is 10.6 Å². The van der Waals surface area contributed by atoms with Crippen molar-refractivity contribution < 1.29 is 0 Å². The molecule has 0 atom stereocenters. The van der Waals surface area contributed by atoms with Crippen molar-refractivity contribution in [3.05, 3.63) is 35.4 Å². The number of rotatable bonds is 10. The summed E-state index contributed by atoms with van der Waals surface area (Å²) in [6.07, 6.45) is 2.12. The lowest BCUT2D eigenvalue weighted by molar-refractivity contribution is 0.295. The third-order valence-corrected chi connectivity index (χ3v) is 4.37. The van der Waals surface area contributed by atoms with Crippen molar-refractivity contribution in [2.75, 3.05) is 38.2 Å². The summed E-state index contributed by atoms with van der Waals surface area (Å²) in [6, 6.07) is 8.63. The maximum atomic E-state index is 4.74. The largest absolute Gasteiger partial charge is 0.357 e. The van der Waals surface area contributed by atoms with Crippen LogP contribution in [0.1, 0.15) is 31.9 Å². The SMILES string of the molecule is CCNC(=NCc1ccccc1CN(CC)CC)NCCSC. The number of nitrogens with zero attached hydrogens (tertiary/aromatic N) is 2. The molecule has 0 radical (unpaired) electrons. The Morgan fingerprint density at radius 1 is 1.09 bits per heavy atom. The van der Waals surface area contributed by atoms with Gasteiger partial charge in [0.1, 0.15) is 0 Å². The van der Waals surface area contributed by atoms with E-state index < -0.39 is 0 Å². The van der Waals surface area contributed by atoms with Crippen LogP contribution in [0.2, 0.25) is 0 Å². The van der Waals surface area contributed by atoms with Gasteiger partial charge in [0.2, 0.25) is 0 Å². The van der Waals surface area contributed by atoms with E-state index in [2.05, 4.69) is 66.8 Å². The number of hydrogen-bond donors (Lipinski definition) is 2. The van der Waals surface area contributed by atoms with Crippen molar-refractivity contribution in [3.63, 3.8) is 0 Å². The van der Waals surface area contributed by atoms with Gasteiger partial charge in [-0.1, -0.05) is 38.1 Å². The van der Waals surface area contributed by atoms with E-state index in [1.54, 1.807) is 0 Å². The highest BCUT2D eigenvalue weighted by Crippen LogP contribution is 2.13. The fraction of sp³-hybridized carbons (Fsp3) is 0.611. The molecule has 0 aliphatic heterocycles. The van der Waals surface area contributed by atoms with E-state index in [4.69, 9.17) is 4.99 Å². The summed E-state index contributed by atoms with van der Waals surface area (Å²) >= 11 is 1.84. The maximum Gasteiger partial charge on any atom is 0.191 e. The minimum absolute atomic E-state index is 0.714. The second kappa shape index (κ2) is 12.3. The summed E-state index contributed by atoms with van der Waals surface area (Å²) in [7, 11) is 0. The van der Waals surface area contributed by atoms with E-state index in [-0.39, 0.29) is 0 Å². The van der Waals surface area contributed by atoms with Crippen LogP contribution in [-0.2, 0) is 13.1 Å². The summed E-state index contributed by atoms with van der Waals surface area (Å²) < 4.78 is 0. The lowest BCUT2D eigenvalue weighted by Crippen LogP contribution is -2.38. The van der Waals surface area contributed by atoms with Crippen molar-refractivity contribution in [2.45, 2.75) is 33.9 Å². The van der Waals surface area contributed by atoms with Crippen molar-refractivity contribution in [2.24, 2.45) is 4.99 Å². The van der Waals surface area contributed by atoms with E-state index in [1.807, 2.05) is 11.8 Å². The van der Waals surface area contributed by atoms with Crippen LogP contribution in [-0.4, -0.2) is 49.0 Å². The molecule has 0 aromatic heterocycles. The van der Waals surface area contributed by atoms with Crippen LogP contribution in [0, 0.1) is 0 Å². The van der Waals surface area contributed by atoms with Gasteiger partial charge in [-0.25, -0.2) is 4.99 Å². The molecule has 4 nitrogen and oxygen atoms in total. The molecule has 1 rings (SSSR count). The molecule has 0 saturated heterocycles. The molecule has 0 aliphatic rings. The number of nitrogens with one attached hydrogen (secondary N) is 2. The first-order chi connectivity index (χ1) is 11.2. The van der Waals surface area contributed by atoms with Gasteiger partial charge in [-0.3, -0.25) is 4.90 Å². The van der Waals surface area contributed by atoms with Gasteiger partial charge < -0.3 is 10.6 Å². The van der Waals surface area contributed by atoms with Gasteiger partial charge in [-0.15, -0.1) is 0 Å². The molecule has 5 heteroatoms. The molecule has 0 unspecified atom stereocenters. The Bertz CT molecular complexity index is 458. The Kier molecular flexibility index (Phi) is 10.6. The number of hydrogen-bond acceptors (Lipinski definition) is 3. The topological polar surface area (TPSA) is 39.7 Å². The normalized spacial score (nSPS) is 11.8. The number of thioether (sulfide) groups is 1. The fourth-order valence-corrected chi connectivity index (χ4v) is 2.64. The van der Waals surface area contributed by atoms with E-state index in [0.717, 1.165) is 44.4 Å². The minimum Gasteiger partial charge on any atom is -0.357 e. The zero-order chi connectivity index (χ0) is 16.9. The Balaban J connectivity index is 2.74. The monoisotopic (exact) mass is 336 g/mol. The average Bonchev–Trinajstić information content (AvgIpc) is 2.58. The number of benzene rings is 1. The van der Waals surface area contributed by atoms with E-state index >= 15 is 0 Å². The molecular formula is C18H32N4S. The van der Waals surface area contributed by atoms with Crippen LogP contribution in [0.3, 0.4) is 0 Å². The molecule has 0 saturated carbocycles. The molecule has 0 aliphatic carbocycles. The summed E-state index contributed by atoms with van der Waals surface area (Å²) in [6.45, 7) is 12.2. The van der Waals surface area contributed by atoms with Gasteiger partial charge in [0, 0.05) is 25.4 Å². The maximum absolute atomic E-state index is 4.74. The Hall–Kier alpha value is -1.20.